The predicted octanol–water partition coefficient (Wildman–Crippen LogP) is 6.69. The van der Waals surface area contributed by atoms with Gasteiger partial charge >= 0.3 is 0 Å². The molecule has 0 saturated heterocycles. The molecule has 3 aromatic rings. The summed E-state index contributed by atoms with van der Waals surface area (Å²) in [6.07, 6.45) is 7.48. The topological polar surface area (TPSA) is 40.6 Å². The predicted molar refractivity (Wildman–Crippen MR) is 150 cm³/mol. The van der Waals surface area contributed by atoms with E-state index in [0.29, 0.717) is 4.90 Å². The molecule has 0 amide bonds. The molecule has 0 N–H and O–H groups in total. The van der Waals surface area contributed by atoms with E-state index in [-0.39, 0.29) is 0 Å². The summed E-state index contributed by atoms with van der Waals surface area (Å²) in [7, 11) is 0.473. The van der Waals surface area contributed by atoms with E-state index in [2.05, 4.69) is 55.0 Å². The van der Waals surface area contributed by atoms with Crippen LogP contribution in [0.3, 0.4) is 0 Å². The Morgan fingerprint density at radius 2 is 1.26 bits per heavy atom. The second-order valence-electron chi connectivity index (χ2n) is 8.73. The number of rotatable bonds is 10. The van der Waals surface area contributed by atoms with Gasteiger partial charge in [0.1, 0.15) is 5.25 Å². The van der Waals surface area contributed by atoms with E-state index in [4.69, 9.17) is 0 Å². The van der Waals surface area contributed by atoms with E-state index in [1.807, 2.05) is 68.6 Å². The summed E-state index contributed by atoms with van der Waals surface area (Å²) < 4.78 is 27.2. The first kappa shape index (κ1) is 26.3. The minimum absolute atomic E-state index is 0.326. The molecule has 3 aromatic carbocycles. The molecule has 0 spiro atoms. The Kier molecular flexibility index (Phi) is 8.94. The fourth-order valence-electron chi connectivity index (χ4n) is 3.72. The smallest absolute Gasteiger partial charge is 0.188 e. The molecule has 1 unspecified atom stereocenters. The molecule has 0 aliphatic rings. The molecule has 0 fully saturated rings. The van der Waals surface area contributed by atoms with Crippen LogP contribution in [0.2, 0.25) is 0 Å². The van der Waals surface area contributed by atoms with Crippen molar-refractivity contribution in [3.63, 3.8) is 0 Å². The van der Waals surface area contributed by atoms with Crippen LogP contribution in [0.4, 0.5) is 11.4 Å². The summed E-state index contributed by atoms with van der Waals surface area (Å²) in [6, 6.07) is 23.2. The van der Waals surface area contributed by atoms with Gasteiger partial charge in [0.15, 0.2) is 9.84 Å². The number of allylic oxidation sites excluding steroid dienone is 2. The summed E-state index contributed by atoms with van der Waals surface area (Å²) >= 11 is 0. The molecular formula is C30H36N2O2S. The van der Waals surface area contributed by atoms with Crippen molar-refractivity contribution in [3.8, 4) is 0 Å². The summed E-state index contributed by atoms with van der Waals surface area (Å²) in [5.74, 6) is 0. The lowest BCUT2D eigenvalue weighted by Gasteiger charge is -2.19. The van der Waals surface area contributed by atoms with Crippen LogP contribution in [0.1, 0.15) is 35.8 Å². The second-order valence-corrected chi connectivity index (χ2v) is 10.8. The lowest BCUT2D eigenvalue weighted by molar-refractivity contribution is 0.590. The highest BCUT2D eigenvalue weighted by molar-refractivity contribution is 7.91. The van der Waals surface area contributed by atoms with E-state index < -0.39 is 15.1 Å². The highest BCUT2D eigenvalue weighted by Gasteiger charge is 2.26. The largest absolute Gasteiger partial charge is 0.375 e. The third-order valence-corrected chi connectivity index (χ3v) is 8.34. The maximum Gasteiger partial charge on any atom is 0.188 e. The fraction of sp³-hybridized carbons (Fsp3) is 0.267. The van der Waals surface area contributed by atoms with Crippen molar-refractivity contribution in [2.45, 2.75) is 30.9 Å². The summed E-state index contributed by atoms with van der Waals surface area (Å²) in [5, 5.41) is -0.781. The minimum atomic E-state index is -3.61. The maximum absolute atomic E-state index is 13.6. The molecule has 0 saturated carbocycles. The molecule has 1 atom stereocenters. The van der Waals surface area contributed by atoms with Crippen LogP contribution in [-0.2, 0) is 9.84 Å². The van der Waals surface area contributed by atoms with Gasteiger partial charge in [-0.25, -0.2) is 8.42 Å². The van der Waals surface area contributed by atoms with Crippen molar-refractivity contribution in [3.05, 3.63) is 108 Å². The standard InChI is InChI=1S/C30H36N2O2S/c1-6-31(4)27-18-14-25(15-19-27)10-8-9-11-30(26-16-20-28(21-17-26)32(5)7-2)35(33,34)29-22-12-24(3)13-23-29/h8-23,30H,6-7H2,1-5H3. The van der Waals surface area contributed by atoms with Crippen LogP contribution in [0.5, 0.6) is 0 Å². The third-order valence-electron chi connectivity index (χ3n) is 6.31. The number of aryl methyl sites for hydroxylation is 1. The Labute approximate surface area is 211 Å². The quantitative estimate of drug-likeness (QED) is 0.298. The van der Waals surface area contributed by atoms with E-state index in [0.717, 1.165) is 35.5 Å². The molecule has 35 heavy (non-hydrogen) atoms. The van der Waals surface area contributed by atoms with Crippen molar-refractivity contribution in [2.75, 3.05) is 37.0 Å². The van der Waals surface area contributed by atoms with Gasteiger partial charge in [-0.1, -0.05) is 66.3 Å². The normalized spacial score (nSPS) is 12.8. The zero-order chi connectivity index (χ0) is 25.4. The van der Waals surface area contributed by atoms with Crippen LogP contribution in [0, 0.1) is 6.92 Å². The van der Waals surface area contributed by atoms with Gasteiger partial charge in [-0.2, -0.15) is 0 Å². The summed E-state index contributed by atoms with van der Waals surface area (Å²) in [5.41, 5.74) is 5.07. The first-order valence-corrected chi connectivity index (χ1v) is 13.6. The fourth-order valence-corrected chi connectivity index (χ4v) is 5.35. The minimum Gasteiger partial charge on any atom is -0.375 e. The number of sulfone groups is 1. The summed E-state index contributed by atoms with van der Waals surface area (Å²) in [4.78, 5) is 4.62. The Morgan fingerprint density at radius 1 is 0.743 bits per heavy atom. The number of hydrogen-bond acceptors (Lipinski definition) is 4. The zero-order valence-corrected chi connectivity index (χ0v) is 22.2. The van der Waals surface area contributed by atoms with Crippen LogP contribution >= 0.6 is 0 Å². The van der Waals surface area contributed by atoms with Crippen LogP contribution in [0.25, 0.3) is 6.08 Å². The Morgan fingerprint density at radius 3 is 1.77 bits per heavy atom. The van der Waals surface area contributed by atoms with E-state index in [1.165, 1.54) is 5.69 Å². The van der Waals surface area contributed by atoms with Crippen molar-refractivity contribution >= 4 is 27.3 Å². The first-order valence-electron chi connectivity index (χ1n) is 12.0. The molecule has 184 valence electrons. The highest BCUT2D eigenvalue weighted by Crippen LogP contribution is 2.31. The van der Waals surface area contributed by atoms with Gasteiger partial charge in [0.2, 0.25) is 0 Å². The van der Waals surface area contributed by atoms with Crippen LogP contribution in [0.15, 0.2) is 95.9 Å². The van der Waals surface area contributed by atoms with Gasteiger partial charge < -0.3 is 9.80 Å². The molecule has 0 bridgehead atoms. The Balaban J connectivity index is 1.90. The average Bonchev–Trinajstić information content (AvgIpc) is 2.88. The van der Waals surface area contributed by atoms with E-state index in [9.17, 15) is 8.42 Å². The number of nitrogens with zero attached hydrogens (tertiary/aromatic N) is 2. The van der Waals surface area contributed by atoms with Crippen LogP contribution in [-0.4, -0.2) is 35.6 Å². The Hall–Kier alpha value is -3.31. The molecule has 0 radical (unpaired) electrons. The molecule has 0 aliphatic heterocycles. The average molecular weight is 489 g/mol. The maximum atomic E-state index is 13.6. The molecule has 0 aromatic heterocycles. The second kappa shape index (κ2) is 11.9. The van der Waals surface area contributed by atoms with Gasteiger partial charge in [0, 0.05) is 38.6 Å². The van der Waals surface area contributed by atoms with Gasteiger partial charge in [-0.05, 0) is 68.3 Å². The van der Waals surface area contributed by atoms with Gasteiger partial charge in [0.25, 0.3) is 0 Å². The molecular weight excluding hydrogens is 452 g/mol. The van der Waals surface area contributed by atoms with Crippen LogP contribution < -0.4 is 9.80 Å². The monoisotopic (exact) mass is 488 g/mol. The van der Waals surface area contributed by atoms with Crippen molar-refractivity contribution < 1.29 is 8.42 Å². The zero-order valence-electron chi connectivity index (χ0n) is 21.3. The molecule has 4 nitrogen and oxygen atoms in total. The number of anilines is 2. The van der Waals surface area contributed by atoms with E-state index in [1.54, 1.807) is 18.2 Å². The molecule has 3 rings (SSSR count). The lowest BCUT2D eigenvalue weighted by atomic mass is 10.1. The lowest BCUT2D eigenvalue weighted by Crippen LogP contribution is -2.16. The first-order chi connectivity index (χ1) is 16.8. The van der Waals surface area contributed by atoms with Crippen molar-refractivity contribution in [1.29, 1.82) is 0 Å². The van der Waals surface area contributed by atoms with Crippen molar-refractivity contribution in [2.24, 2.45) is 0 Å². The Bertz CT molecular complexity index is 1240. The van der Waals surface area contributed by atoms with Gasteiger partial charge in [0.05, 0.1) is 4.90 Å². The van der Waals surface area contributed by atoms with E-state index >= 15 is 0 Å². The van der Waals surface area contributed by atoms with Gasteiger partial charge in [-0.3, -0.25) is 0 Å². The van der Waals surface area contributed by atoms with Crippen molar-refractivity contribution in [1.82, 2.24) is 0 Å². The number of hydrogen-bond donors (Lipinski definition) is 0. The molecule has 0 aliphatic carbocycles. The summed E-state index contributed by atoms with van der Waals surface area (Å²) in [6.45, 7) is 7.99. The highest BCUT2D eigenvalue weighted by atomic mass is 32.2. The van der Waals surface area contributed by atoms with Gasteiger partial charge in [-0.15, -0.1) is 0 Å². The SMILES string of the molecule is CCN(C)c1ccc(C=CC=CC(c2ccc(N(C)CC)cc2)S(=O)(=O)c2ccc(C)cc2)cc1. The molecule has 0 heterocycles. The number of benzene rings is 3. The molecule has 5 heteroatoms. The third kappa shape index (κ3) is 6.64.